The van der Waals surface area contributed by atoms with E-state index < -0.39 is 35.7 Å². The average molecular weight is 435 g/mol. The maximum absolute atomic E-state index is 14.3. The molecule has 1 aromatic rings. The highest BCUT2D eigenvalue weighted by molar-refractivity contribution is 5.86. The van der Waals surface area contributed by atoms with Gasteiger partial charge in [-0.25, -0.2) is 13.6 Å². The zero-order chi connectivity index (χ0) is 22.5. The van der Waals surface area contributed by atoms with Gasteiger partial charge in [0.05, 0.1) is 11.5 Å². The van der Waals surface area contributed by atoms with E-state index >= 15 is 0 Å². The molecular weight excluding hydrogens is 402 g/mol. The first-order valence-electron chi connectivity index (χ1n) is 11.3. The molecule has 0 aromatic heterocycles. The molecular formula is C25H32F2O4. The van der Waals surface area contributed by atoms with Crippen molar-refractivity contribution in [2.45, 2.75) is 71.8 Å². The Balaban J connectivity index is 1.52. The SMILES string of the molecule is C=C(C)C(=O)OCc1c(F)cc(OC(=O)C2CCC(C3CCC(C)CC3)CC2)cc1F. The molecule has 0 saturated heterocycles. The molecule has 0 N–H and O–H groups in total. The third kappa shape index (κ3) is 6.14. The maximum atomic E-state index is 14.3. The molecule has 2 aliphatic rings. The van der Waals surface area contributed by atoms with Gasteiger partial charge in [0.25, 0.3) is 0 Å². The summed E-state index contributed by atoms with van der Waals surface area (Å²) in [5.41, 5.74) is -0.254. The van der Waals surface area contributed by atoms with Crippen molar-refractivity contribution in [1.82, 2.24) is 0 Å². The molecule has 0 bridgehead atoms. The number of hydrogen-bond donors (Lipinski definition) is 0. The summed E-state index contributed by atoms with van der Waals surface area (Å²) in [5.74, 6) is -1.15. The number of esters is 2. The van der Waals surface area contributed by atoms with Crippen molar-refractivity contribution >= 4 is 11.9 Å². The lowest BCUT2D eigenvalue weighted by Gasteiger charge is -2.36. The molecule has 2 fully saturated rings. The molecule has 3 rings (SSSR count). The first kappa shape index (κ1) is 23.4. The van der Waals surface area contributed by atoms with Crippen molar-refractivity contribution in [3.63, 3.8) is 0 Å². The molecule has 6 heteroatoms. The molecule has 0 spiro atoms. The van der Waals surface area contributed by atoms with Crippen LogP contribution in [0.3, 0.4) is 0 Å². The largest absolute Gasteiger partial charge is 0.457 e. The Morgan fingerprint density at radius 1 is 0.968 bits per heavy atom. The number of benzene rings is 1. The number of carbonyl (C=O) groups excluding carboxylic acids is 2. The van der Waals surface area contributed by atoms with Gasteiger partial charge in [0.2, 0.25) is 0 Å². The second-order valence-corrected chi connectivity index (χ2v) is 9.27. The van der Waals surface area contributed by atoms with E-state index in [1.807, 2.05) is 0 Å². The van der Waals surface area contributed by atoms with Gasteiger partial charge in [-0.3, -0.25) is 4.79 Å². The topological polar surface area (TPSA) is 52.6 Å². The van der Waals surface area contributed by atoms with Gasteiger partial charge in [-0.1, -0.05) is 26.3 Å². The van der Waals surface area contributed by atoms with Crippen molar-refractivity contribution in [2.75, 3.05) is 0 Å². The van der Waals surface area contributed by atoms with Gasteiger partial charge in [-0.2, -0.15) is 0 Å². The summed E-state index contributed by atoms with van der Waals surface area (Å²) in [7, 11) is 0. The molecule has 0 aliphatic heterocycles. The summed E-state index contributed by atoms with van der Waals surface area (Å²) >= 11 is 0. The van der Waals surface area contributed by atoms with Gasteiger partial charge in [0.1, 0.15) is 24.0 Å². The first-order chi connectivity index (χ1) is 14.7. The predicted octanol–water partition coefficient (Wildman–Crippen LogP) is 6.12. The van der Waals surface area contributed by atoms with Gasteiger partial charge in [0, 0.05) is 17.7 Å². The van der Waals surface area contributed by atoms with E-state index in [0.29, 0.717) is 5.92 Å². The number of rotatable bonds is 6. The highest BCUT2D eigenvalue weighted by atomic mass is 19.1. The molecule has 0 amide bonds. The first-order valence-corrected chi connectivity index (χ1v) is 11.3. The minimum absolute atomic E-state index is 0.138. The van der Waals surface area contributed by atoms with Crippen molar-refractivity contribution in [3.05, 3.63) is 41.5 Å². The van der Waals surface area contributed by atoms with Crippen molar-refractivity contribution < 1.29 is 27.8 Å². The summed E-state index contributed by atoms with van der Waals surface area (Å²) in [5, 5.41) is 0. The Hall–Kier alpha value is -2.24. The molecule has 4 nitrogen and oxygen atoms in total. The number of hydrogen-bond acceptors (Lipinski definition) is 4. The minimum Gasteiger partial charge on any atom is -0.457 e. The lowest BCUT2D eigenvalue weighted by molar-refractivity contribution is -0.141. The molecule has 170 valence electrons. The van der Waals surface area contributed by atoms with Crippen molar-refractivity contribution in [1.29, 1.82) is 0 Å². The highest BCUT2D eigenvalue weighted by Crippen LogP contribution is 2.41. The Labute approximate surface area is 183 Å². The fraction of sp³-hybridized carbons (Fsp3) is 0.600. The number of carbonyl (C=O) groups is 2. The molecule has 0 radical (unpaired) electrons. The third-order valence-electron chi connectivity index (χ3n) is 6.86. The van der Waals surface area contributed by atoms with Gasteiger partial charge in [0.15, 0.2) is 0 Å². The highest BCUT2D eigenvalue weighted by Gasteiger charge is 2.33. The standard InChI is InChI=1S/C25H32F2O4/c1-15(2)24(28)30-14-21-22(26)12-20(13-23(21)27)31-25(29)19-10-8-18(9-11-19)17-6-4-16(3)5-7-17/h12-13,16-19H,1,4-11,14H2,2-3H3. The van der Waals surface area contributed by atoms with Crippen LogP contribution in [0.1, 0.15) is 70.8 Å². The van der Waals surface area contributed by atoms with Crippen LogP contribution in [0.15, 0.2) is 24.3 Å². The van der Waals surface area contributed by atoms with Crippen LogP contribution in [0, 0.1) is 35.3 Å². The van der Waals surface area contributed by atoms with Gasteiger partial charge in [-0.15, -0.1) is 0 Å². The zero-order valence-corrected chi connectivity index (χ0v) is 18.4. The van der Waals surface area contributed by atoms with E-state index in [9.17, 15) is 18.4 Å². The summed E-state index contributed by atoms with van der Waals surface area (Å²) in [6.07, 6.45) is 8.70. The molecule has 0 heterocycles. The van der Waals surface area contributed by atoms with Crippen LogP contribution in [0.5, 0.6) is 5.75 Å². The summed E-state index contributed by atoms with van der Waals surface area (Å²) in [4.78, 5) is 24.0. The van der Waals surface area contributed by atoms with Gasteiger partial charge >= 0.3 is 11.9 Å². The van der Waals surface area contributed by atoms with Crippen molar-refractivity contribution in [2.24, 2.45) is 23.7 Å². The van der Waals surface area contributed by atoms with Gasteiger partial charge in [-0.05, 0) is 63.2 Å². The van der Waals surface area contributed by atoms with E-state index in [2.05, 4.69) is 13.5 Å². The Kier molecular flexibility index (Phi) is 7.84. The molecule has 2 aliphatic carbocycles. The van der Waals surface area contributed by atoms with E-state index in [1.165, 1.54) is 32.6 Å². The normalized spacial score (nSPS) is 26.2. The lowest BCUT2D eigenvalue weighted by atomic mass is 9.69. The summed E-state index contributed by atoms with van der Waals surface area (Å²) in [6, 6.07) is 1.92. The van der Waals surface area contributed by atoms with E-state index in [1.54, 1.807) is 0 Å². The zero-order valence-electron chi connectivity index (χ0n) is 18.4. The van der Waals surface area contributed by atoms with Crippen molar-refractivity contribution in [3.8, 4) is 5.75 Å². The molecule has 1 aromatic carbocycles. The maximum Gasteiger partial charge on any atom is 0.333 e. The van der Waals surface area contributed by atoms with Crippen LogP contribution >= 0.6 is 0 Å². The number of halogens is 2. The van der Waals surface area contributed by atoms with Crippen LogP contribution in [-0.2, 0) is 20.9 Å². The second-order valence-electron chi connectivity index (χ2n) is 9.27. The van der Waals surface area contributed by atoms with Crippen LogP contribution < -0.4 is 4.74 Å². The average Bonchev–Trinajstić information content (AvgIpc) is 2.73. The van der Waals surface area contributed by atoms with Crippen LogP contribution in [-0.4, -0.2) is 11.9 Å². The fourth-order valence-corrected chi connectivity index (χ4v) is 4.82. The minimum atomic E-state index is -0.924. The second kappa shape index (κ2) is 10.4. The van der Waals surface area contributed by atoms with E-state index in [4.69, 9.17) is 9.47 Å². The van der Waals surface area contributed by atoms with E-state index in [-0.39, 0.29) is 17.2 Å². The molecule has 31 heavy (non-hydrogen) atoms. The summed E-state index contributed by atoms with van der Waals surface area (Å²) < 4.78 is 38.7. The Bertz CT molecular complexity index is 796. The van der Waals surface area contributed by atoms with Crippen LogP contribution in [0.25, 0.3) is 0 Å². The Morgan fingerprint density at radius 2 is 1.48 bits per heavy atom. The molecule has 0 unspecified atom stereocenters. The smallest absolute Gasteiger partial charge is 0.333 e. The van der Waals surface area contributed by atoms with E-state index in [0.717, 1.165) is 49.7 Å². The third-order valence-corrected chi connectivity index (χ3v) is 6.86. The summed E-state index contributed by atoms with van der Waals surface area (Å²) in [6.45, 7) is 6.62. The predicted molar refractivity (Wildman–Crippen MR) is 113 cm³/mol. The number of ether oxygens (including phenoxy) is 2. The Morgan fingerprint density at radius 3 is 2.00 bits per heavy atom. The van der Waals surface area contributed by atoms with Crippen LogP contribution in [0.4, 0.5) is 8.78 Å². The van der Waals surface area contributed by atoms with Crippen LogP contribution in [0.2, 0.25) is 0 Å². The molecule has 0 atom stereocenters. The lowest BCUT2D eigenvalue weighted by Crippen LogP contribution is -2.30. The van der Waals surface area contributed by atoms with Gasteiger partial charge < -0.3 is 9.47 Å². The molecule has 2 saturated carbocycles. The fourth-order valence-electron chi connectivity index (χ4n) is 4.82. The quantitative estimate of drug-likeness (QED) is 0.307. The monoisotopic (exact) mass is 434 g/mol.